The van der Waals surface area contributed by atoms with E-state index in [0.717, 1.165) is 228 Å². The molecule has 21 nitrogen and oxygen atoms in total. The van der Waals surface area contributed by atoms with Crippen molar-refractivity contribution in [3.8, 4) is 28.4 Å². The summed E-state index contributed by atoms with van der Waals surface area (Å²) >= 11 is 0. The van der Waals surface area contributed by atoms with Crippen LogP contribution in [-0.2, 0) is 56.7 Å². The van der Waals surface area contributed by atoms with Crippen LogP contribution in [-0.4, -0.2) is 127 Å². The van der Waals surface area contributed by atoms with Gasteiger partial charge in [-0.25, -0.2) is 0 Å². The molecule has 5 fully saturated rings. The third kappa shape index (κ3) is 15.9. The second kappa shape index (κ2) is 35.1. The van der Waals surface area contributed by atoms with Crippen molar-refractivity contribution in [3.05, 3.63) is 345 Å². The van der Waals surface area contributed by atoms with Gasteiger partial charge < -0.3 is 53.7 Å². The van der Waals surface area contributed by atoms with E-state index in [-0.39, 0.29) is 29.5 Å². The number of hydrogen-bond donors (Lipinski definition) is 3. The lowest BCUT2D eigenvalue weighted by molar-refractivity contribution is -0.117. The van der Waals surface area contributed by atoms with Gasteiger partial charge in [-0.15, -0.1) is 0 Å². The van der Waals surface area contributed by atoms with Gasteiger partial charge in [-0.3, -0.25) is 48.9 Å². The minimum atomic E-state index is 0.205. The van der Waals surface area contributed by atoms with Gasteiger partial charge >= 0.3 is 0 Å². The van der Waals surface area contributed by atoms with Gasteiger partial charge in [0, 0.05) is 171 Å². The number of aromatic amines is 3. The molecule has 0 aliphatic carbocycles. The molecule has 13 heterocycles. The molecule has 10 aliphatic rings. The summed E-state index contributed by atoms with van der Waals surface area (Å²) in [6.07, 6.45) is 7.91. The lowest BCUT2D eigenvalue weighted by Gasteiger charge is -2.17. The fourth-order valence-electron chi connectivity index (χ4n) is 19.4. The van der Waals surface area contributed by atoms with Crippen LogP contribution in [0.15, 0.2) is 286 Å². The number of ether oxygens (including phenoxy) is 3. The van der Waals surface area contributed by atoms with Gasteiger partial charge in [0.15, 0.2) is 0 Å². The molecule has 0 atom stereocenters. The van der Waals surface area contributed by atoms with Crippen molar-refractivity contribution in [1.82, 2.24) is 15.0 Å². The average molecular weight is 1720 g/mol. The number of nitrogens with one attached hydrogen (secondary N) is 3. The summed E-state index contributed by atoms with van der Waals surface area (Å²) in [5.74, 6) is 3.58. The van der Waals surface area contributed by atoms with E-state index >= 15 is 0 Å². The Morgan fingerprint density at radius 1 is 0.262 bits per heavy atom. The van der Waals surface area contributed by atoms with Crippen molar-refractivity contribution in [2.75, 3.05) is 78.6 Å². The molecule has 15 aromatic rings. The second-order valence-corrected chi connectivity index (χ2v) is 34.2. The van der Waals surface area contributed by atoms with Crippen molar-refractivity contribution >= 4 is 130 Å². The zero-order chi connectivity index (χ0) is 88.0. The Labute approximate surface area is 752 Å². The smallest absolute Gasteiger partial charge is 0.227 e. The summed E-state index contributed by atoms with van der Waals surface area (Å²) < 4.78 is 16.1. The van der Waals surface area contributed by atoms with E-state index < -0.39 is 0 Å². The first kappa shape index (κ1) is 81.6. The first-order valence-electron chi connectivity index (χ1n) is 44.8. The zero-order valence-electron chi connectivity index (χ0n) is 72.7. The summed E-state index contributed by atoms with van der Waals surface area (Å²) in [5, 5.41) is 5.74. The molecule has 12 aromatic carbocycles. The average Bonchev–Trinajstić information content (AvgIpc) is 1.62. The van der Waals surface area contributed by atoms with Crippen LogP contribution in [0.4, 0.5) is 28.4 Å². The van der Waals surface area contributed by atoms with E-state index in [2.05, 4.69) is 197 Å². The minimum Gasteiger partial charge on any atom is -0.497 e. The number of benzene rings is 12. The number of aliphatic imine (C=N–C) groups is 5. The highest BCUT2D eigenvalue weighted by atomic mass is 16.5. The Morgan fingerprint density at radius 3 is 1.08 bits per heavy atom. The molecule has 0 spiro atoms. The minimum absolute atomic E-state index is 0.205. The maximum Gasteiger partial charge on any atom is 0.227 e. The van der Waals surface area contributed by atoms with Gasteiger partial charge in [-0.2, -0.15) is 0 Å². The predicted octanol–water partition coefficient (Wildman–Crippen LogP) is 20.1. The third-order valence-electron chi connectivity index (χ3n) is 26.3. The number of methoxy groups -OCH3 is 3. The molecule has 0 unspecified atom stereocenters. The monoisotopic (exact) mass is 1710 g/mol. The molecule has 3 aromatic heterocycles. The second-order valence-electron chi connectivity index (χ2n) is 34.2. The first-order valence-corrected chi connectivity index (χ1v) is 44.8. The maximum absolute atomic E-state index is 12.1. The number of rotatable bonds is 14. The van der Waals surface area contributed by atoms with Gasteiger partial charge in [-0.1, -0.05) is 127 Å². The Kier molecular flexibility index (Phi) is 22.0. The van der Waals surface area contributed by atoms with E-state index in [4.69, 9.17) is 39.2 Å². The van der Waals surface area contributed by atoms with Gasteiger partial charge in [0.25, 0.3) is 0 Å². The van der Waals surface area contributed by atoms with E-state index in [1.165, 1.54) is 49.7 Å². The van der Waals surface area contributed by atoms with Crippen LogP contribution in [0.1, 0.15) is 148 Å². The number of H-pyrrole nitrogens is 3. The number of aromatic nitrogens is 3. The number of carbonyl (C=O) groups excluding carboxylic acids is 5. The molecule has 5 saturated heterocycles. The molecular weight excluding hydrogens is 1620 g/mol. The summed E-state index contributed by atoms with van der Waals surface area (Å²) in [6.45, 7) is 7.49. The number of nitrogens with zero attached hydrogens (tertiary/aromatic N) is 10. The van der Waals surface area contributed by atoms with Crippen molar-refractivity contribution in [1.29, 1.82) is 0 Å². The molecular formula is C109H95N13O8. The van der Waals surface area contributed by atoms with Gasteiger partial charge in [0.2, 0.25) is 29.5 Å². The summed E-state index contributed by atoms with van der Waals surface area (Å²) in [6, 6.07) is 89.5. The molecule has 5 amide bonds. The van der Waals surface area contributed by atoms with Crippen LogP contribution >= 0.6 is 0 Å². The Balaban J connectivity index is 0.0000000984. The van der Waals surface area contributed by atoms with E-state index in [9.17, 15) is 24.0 Å². The number of amides is 5. The van der Waals surface area contributed by atoms with Crippen LogP contribution < -0.4 is 38.7 Å². The van der Waals surface area contributed by atoms with Crippen LogP contribution in [0.2, 0.25) is 0 Å². The van der Waals surface area contributed by atoms with E-state index in [1.807, 2.05) is 103 Å². The van der Waals surface area contributed by atoms with Crippen molar-refractivity contribution < 1.29 is 38.2 Å². The van der Waals surface area contributed by atoms with Gasteiger partial charge in [0.1, 0.15) is 17.2 Å². The number of fused-ring (bicyclic) bond motifs is 9. The van der Waals surface area contributed by atoms with Crippen LogP contribution in [0.3, 0.4) is 0 Å². The number of carbonyl (C=O) groups is 5. The summed E-state index contributed by atoms with van der Waals surface area (Å²) in [7, 11) is 5.03. The van der Waals surface area contributed by atoms with Crippen molar-refractivity contribution in [2.24, 2.45) is 25.0 Å². The quantitative estimate of drug-likeness (QED) is 0.0944. The van der Waals surface area contributed by atoms with Gasteiger partial charge in [-0.05, 0) is 209 Å². The molecule has 644 valence electrons. The van der Waals surface area contributed by atoms with Crippen LogP contribution in [0.25, 0.3) is 54.6 Å². The normalized spacial score (nSPS) is 16.2. The predicted molar refractivity (Wildman–Crippen MR) is 517 cm³/mol. The molecule has 0 saturated carbocycles. The fourth-order valence-corrected chi connectivity index (χ4v) is 19.4. The van der Waals surface area contributed by atoms with Gasteiger partial charge in [0.05, 0.1) is 99.7 Å². The van der Waals surface area contributed by atoms with Crippen molar-refractivity contribution in [3.63, 3.8) is 0 Å². The fraction of sp³-hybridized carbons (Fsp3) is 0.211. The van der Waals surface area contributed by atoms with E-state index in [1.54, 1.807) is 21.3 Å². The highest BCUT2D eigenvalue weighted by Gasteiger charge is 2.33. The molecule has 0 bridgehead atoms. The zero-order valence-corrected chi connectivity index (χ0v) is 72.7. The van der Waals surface area contributed by atoms with Crippen molar-refractivity contribution in [2.45, 2.75) is 96.9 Å². The Hall–Kier alpha value is -15.4. The topological polar surface area (TPSA) is 238 Å². The van der Waals surface area contributed by atoms with Crippen LogP contribution in [0.5, 0.6) is 17.2 Å². The lowest BCUT2D eigenvalue weighted by atomic mass is 9.97. The Bertz CT molecular complexity index is 7080. The third-order valence-corrected chi connectivity index (χ3v) is 26.3. The molecule has 25 rings (SSSR count). The molecule has 10 aliphatic heterocycles. The molecule has 130 heavy (non-hydrogen) atoms. The molecule has 0 radical (unpaired) electrons. The summed E-state index contributed by atoms with van der Waals surface area (Å²) in [5.41, 5.74) is 32.3. The largest absolute Gasteiger partial charge is 0.497 e. The highest BCUT2D eigenvalue weighted by molar-refractivity contribution is 6.21. The first-order chi connectivity index (χ1) is 63.8. The Morgan fingerprint density at radius 2 is 0.631 bits per heavy atom. The van der Waals surface area contributed by atoms with Crippen LogP contribution in [0, 0.1) is 0 Å². The van der Waals surface area contributed by atoms with E-state index in [0.29, 0.717) is 64.8 Å². The number of anilines is 5. The number of hydrogen-bond acceptors (Lipinski definition) is 13. The lowest BCUT2D eigenvalue weighted by Crippen LogP contribution is -2.23. The highest BCUT2D eigenvalue weighted by Crippen LogP contribution is 2.40. The summed E-state index contributed by atoms with van der Waals surface area (Å²) in [4.78, 5) is 104. The maximum atomic E-state index is 12.1. The SMILES string of the molecule is COc1ccc2[nH]c(C3=NCc4ccc(N5CCCC5=O)cc43)cc2c1.COc1ccc2cc(C3=NCc4ccc(N5CCCC5=O)cc43)[nH]c2c1.COc1cccc2[nH]c(C3=NCc4ccc(N5CCCC5=O)cc43)cc12.O=C1CCCN1c1ccc2c(c1)C(c1ccc(-c3ccccc3)cc1)=NC2.O=C1CCCN1c1ccc2c(c1)C(c1ccc3ccccc3c1)=NC2. The molecule has 21 heteroatoms. The standard InChI is InChI=1S/C24H20N2O.C22H18N2O.3C21H19N3O2/c27-23-7-4-14-26(23)21-13-12-20-16-25-24(22(20)15-21)19-10-8-18(9-11-19)17-5-2-1-3-6-17;25-21-6-3-11-24(21)19-10-9-18-14-23-22(20(18)13-19)17-8-7-15-4-1-2-5-16(15)12-17;1-26-19-5-2-4-17-16(19)11-18(23-17)21-15-10-14(8-7-13(15)12-22-21)24-9-3-6-20(24)25;1-26-16-7-5-13-9-19(23-18(13)11-16)21-17-10-15(6-4-14(17)12-22-21)24-8-2-3-20(24)25;1-26-16-6-7-18-14(9-16)10-19(23-18)21-17-11-15(5-4-13(17)12-22-21)24-8-2-3-20(24)25/h1-3,5-6,8-13,15H,4,7,14,16H2;1-2,4-5,7-10,12-13H,3,6,11,14H2;2,4-5,7-8,10-11,23H,3,6,9,12H2,1H3;2*4-7,9-11,23H,2-3,8,12H2,1H3. The molecule has 3 N–H and O–H groups in total.